The van der Waals surface area contributed by atoms with E-state index >= 15 is 0 Å². The summed E-state index contributed by atoms with van der Waals surface area (Å²) >= 11 is 4.29. The molecule has 3 rings (SSSR count). The molecule has 0 saturated heterocycles. The molecule has 0 atom stereocenters. The maximum atomic E-state index is 13.0. The van der Waals surface area contributed by atoms with Gasteiger partial charge in [-0.3, -0.25) is 18.7 Å². The van der Waals surface area contributed by atoms with Gasteiger partial charge in [0.2, 0.25) is 0 Å². The standard InChI is InChI=1S/C21H25N5O3S3/c1-3-5-11-30-19-23-24-20(32-19)31-13-15(27)16-17(22)26(12-14-9-7-6-8-10-14)21(29)25(4-2)18(16)28/h6-10H,3-5,11-13,22H2,1-2H3. The molecule has 0 amide bonds. The minimum Gasteiger partial charge on any atom is -0.384 e. The van der Waals surface area contributed by atoms with Crippen molar-refractivity contribution in [2.75, 3.05) is 17.2 Å². The van der Waals surface area contributed by atoms with E-state index in [-0.39, 0.29) is 30.2 Å². The largest absolute Gasteiger partial charge is 0.384 e. The van der Waals surface area contributed by atoms with Crippen LogP contribution in [0.3, 0.4) is 0 Å². The first-order chi connectivity index (χ1) is 15.5. The average Bonchev–Trinajstić information content (AvgIpc) is 3.24. The summed E-state index contributed by atoms with van der Waals surface area (Å²) in [6.07, 6.45) is 2.22. The zero-order chi connectivity index (χ0) is 23.1. The molecule has 0 aliphatic carbocycles. The molecule has 11 heteroatoms. The SMILES string of the molecule is CCCCSc1nnc(SCC(=O)c2c(N)n(Cc3ccccc3)c(=O)n(CC)c2=O)s1. The van der Waals surface area contributed by atoms with E-state index in [1.54, 1.807) is 18.7 Å². The highest BCUT2D eigenvalue weighted by Crippen LogP contribution is 2.29. The topological polar surface area (TPSA) is 113 Å². The van der Waals surface area contributed by atoms with Crippen molar-refractivity contribution in [2.24, 2.45) is 0 Å². The number of benzene rings is 1. The Labute approximate surface area is 198 Å². The molecule has 0 aliphatic rings. The third-order valence-corrected chi connectivity index (χ3v) is 7.96. The predicted octanol–water partition coefficient (Wildman–Crippen LogP) is 3.38. The second kappa shape index (κ2) is 11.5. The quantitative estimate of drug-likeness (QED) is 0.247. The van der Waals surface area contributed by atoms with Crippen LogP contribution in [-0.4, -0.2) is 36.6 Å². The van der Waals surface area contributed by atoms with E-state index in [1.165, 1.54) is 27.7 Å². The van der Waals surface area contributed by atoms with Gasteiger partial charge in [0.15, 0.2) is 14.5 Å². The Bertz CT molecular complexity index is 1190. The van der Waals surface area contributed by atoms with E-state index in [4.69, 9.17) is 5.73 Å². The van der Waals surface area contributed by atoms with E-state index in [9.17, 15) is 14.4 Å². The number of rotatable bonds is 11. The van der Waals surface area contributed by atoms with Crippen molar-refractivity contribution in [1.82, 2.24) is 19.3 Å². The normalized spacial score (nSPS) is 11.1. The molecule has 8 nitrogen and oxygen atoms in total. The van der Waals surface area contributed by atoms with Crippen LogP contribution in [0.1, 0.15) is 42.6 Å². The van der Waals surface area contributed by atoms with Gasteiger partial charge in [-0.2, -0.15) is 0 Å². The number of nitrogens with two attached hydrogens (primary N) is 1. The van der Waals surface area contributed by atoms with Gasteiger partial charge in [0.05, 0.1) is 12.3 Å². The first-order valence-electron chi connectivity index (χ1n) is 10.3. The third kappa shape index (κ3) is 5.70. The molecule has 0 radical (unpaired) electrons. The molecule has 0 unspecified atom stereocenters. The Hall–Kier alpha value is -2.37. The number of anilines is 1. The summed E-state index contributed by atoms with van der Waals surface area (Å²) in [6, 6.07) is 9.29. The maximum absolute atomic E-state index is 13.0. The molecule has 1 aromatic carbocycles. The van der Waals surface area contributed by atoms with Crippen LogP contribution in [0.2, 0.25) is 0 Å². The highest BCUT2D eigenvalue weighted by molar-refractivity contribution is 8.03. The van der Waals surface area contributed by atoms with Gasteiger partial charge in [-0.25, -0.2) is 4.79 Å². The van der Waals surface area contributed by atoms with Crippen molar-refractivity contribution >= 4 is 46.5 Å². The van der Waals surface area contributed by atoms with E-state index in [1.807, 2.05) is 30.3 Å². The number of nitrogens with zero attached hydrogens (tertiary/aromatic N) is 4. The van der Waals surface area contributed by atoms with Crippen LogP contribution in [0.15, 0.2) is 48.6 Å². The van der Waals surface area contributed by atoms with Crippen molar-refractivity contribution in [2.45, 2.75) is 48.5 Å². The lowest BCUT2D eigenvalue weighted by Crippen LogP contribution is -2.44. The van der Waals surface area contributed by atoms with Crippen LogP contribution in [0, 0.1) is 0 Å². The zero-order valence-corrected chi connectivity index (χ0v) is 20.4. The average molecular weight is 492 g/mol. The first-order valence-corrected chi connectivity index (χ1v) is 13.0. The highest BCUT2D eigenvalue weighted by atomic mass is 32.2. The minimum absolute atomic E-state index is 0.0129. The number of aromatic nitrogens is 4. The molecule has 0 fully saturated rings. The Morgan fingerprint density at radius 3 is 2.41 bits per heavy atom. The Morgan fingerprint density at radius 2 is 1.75 bits per heavy atom. The molecule has 2 heterocycles. The number of carbonyl (C=O) groups is 1. The van der Waals surface area contributed by atoms with Crippen LogP contribution in [-0.2, 0) is 13.1 Å². The second-order valence-electron chi connectivity index (χ2n) is 6.91. The Kier molecular flexibility index (Phi) is 8.71. The molecule has 32 heavy (non-hydrogen) atoms. The van der Waals surface area contributed by atoms with Gasteiger partial charge in [0.1, 0.15) is 11.4 Å². The molecule has 2 N–H and O–H groups in total. The van der Waals surface area contributed by atoms with Crippen molar-refractivity contribution in [1.29, 1.82) is 0 Å². The number of thioether (sulfide) groups is 2. The fourth-order valence-electron chi connectivity index (χ4n) is 2.99. The summed E-state index contributed by atoms with van der Waals surface area (Å²) in [5, 5.41) is 8.25. The molecule has 0 aliphatic heterocycles. The maximum Gasteiger partial charge on any atom is 0.332 e. The number of ketones is 1. The lowest BCUT2D eigenvalue weighted by molar-refractivity contribution is 0.102. The van der Waals surface area contributed by atoms with Crippen molar-refractivity contribution in [3.05, 3.63) is 62.3 Å². The molecular weight excluding hydrogens is 466 g/mol. The molecule has 2 aromatic heterocycles. The fraction of sp³-hybridized carbons (Fsp3) is 0.381. The van der Waals surface area contributed by atoms with Gasteiger partial charge >= 0.3 is 5.69 Å². The highest BCUT2D eigenvalue weighted by Gasteiger charge is 2.23. The van der Waals surface area contributed by atoms with Crippen LogP contribution in [0.25, 0.3) is 0 Å². The number of carbonyl (C=O) groups excluding carboxylic acids is 1. The van der Waals surface area contributed by atoms with Gasteiger partial charge in [-0.1, -0.05) is 78.5 Å². The van der Waals surface area contributed by atoms with Crippen molar-refractivity contribution in [3.8, 4) is 0 Å². The van der Waals surface area contributed by atoms with Gasteiger partial charge in [0, 0.05) is 12.3 Å². The van der Waals surface area contributed by atoms with Gasteiger partial charge in [0.25, 0.3) is 5.56 Å². The van der Waals surface area contributed by atoms with Gasteiger partial charge in [-0.05, 0) is 18.9 Å². The van der Waals surface area contributed by atoms with Gasteiger partial charge < -0.3 is 5.73 Å². The van der Waals surface area contributed by atoms with Crippen LogP contribution < -0.4 is 17.0 Å². The molecule has 0 spiro atoms. The van der Waals surface area contributed by atoms with E-state index in [2.05, 4.69) is 17.1 Å². The minimum atomic E-state index is -0.655. The van der Waals surface area contributed by atoms with Crippen molar-refractivity contribution < 1.29 is 4.79 Å². The Morgan fingerprint density at radius 1 is 1.06 bits per heavy atom. The molecule has 3 aromatic rings. The molecular formula is C21H25N5O3S3. The zero-order valence-electron chi connectivity index (χ0n) is 17.9. The predicted molar refractivity (Wildman–Crippen MR) is 131 cm³/mol. The summed E-state index contributed by atoms with van der Waals surface area (Å²) < 4.78 is 3.85. The smallest absolute Gasteiger partial charge is 0.332 e. The van der Waals surface area contributed by atoms with Crippen LogP contribution in [0.4, 0.5) is 5.82 Å². The summed E-state index contributed by atoms with van der Waals surface area (Å²) in [6.45, 7) is 4.14. The number of unbranched alkanes of at least 4 members (excludes halogenated alkanes) is 1. The fourth-order valence-corrected chi connectivity index (χ4v) is 6.04. The second-order valence-corrected chi connectivity index (χ2v) is 10.5. The third-order valence-electron chi connectivity index (χ3n) is 4.68. The summed E-state index contributed by atoms with van der Waals surface area (Å²) in [5.41, 5.74) is 5.70. The lowest BCUT2D eigenvalue weighted by atomic mass is 10.2. The van der Waals surface area contributed by atoms with Gasteiger partial charge in [-0.15, -0.1) is 10.2 Å². The van der Waals surface area contributed by atoms with E-state index < -0.39 is 17.0 Å². The van der Waals surface area contributed by atoms with E-state index in [0.717, 1.165) is 33.1 Å². The monoisotopic (exact) mass is 491 g/mol. The Balaban J connectivity index is 1.83. The number of nitrogen functional groups attached to an aromatic ring is 1. The summed E-state index contributed by atoms with van der Waals surface area (Å²) in [4.78, 5) is 38.7. The summed E-state index contributed by atoms with van der Waals surface area (Å²) in [5.74, 6) is 0.426. The molecule has 0 saturated carbocycles. The molecule has 0 bridgehead atoms. The lowest BCUT2D eigenvalue weighted by Gasteiger charge is -2.15. The first kappa shape index (κ1) is 24.3. The molecule has 170 valence electrons. The number of Topliss-reactive ketones (excluding diaryl/α,β-unsaturated/α-hetero) is 1. The summed E-state index contributed by atoms with van der Waals surface area (Å²) in [7, 11) is 0. The van der Waals surface area contributed by atoms with Crippen LogP contribution in [0.5, 0.6) is 0 Å². The number of hydrogen-bond acceptors (Lipinski definition) is 9. The van der Waals surface area contributed by atoms with Crippen molar-refractivity contribution in [3.63, 3.8) is 0 Å². The number of hydrogen-bond donors (Lipinski definition) is 1. The van der Waals surface area contributed by atoms with Crippen LogP contribution >= 0.6 is 34.9 Å². The van der Waals surface area contributed by atoms with E-state index in [0.29, 0.717) is 4.34 Å².